The lowest BCUT2D eigenvalue weighted by Gasteiger charge is -2.08. The molecule has 0 aromatic heterocycles. The van der Waals surface area contributed by atoms with Gasteiger partial charge >= 0.3 is 0 Å². The Balaban J connectivity index is 2.33. The summed E-state index contributed by atoms with van der Waals surface area (Å²) in [4.78, 5) is 1.14. The zero-order chi connectivity index (χ0) is 13.7. The Hall–Kier alpha value is -2.43. The van der Waals surface area contributed by atoms with Crippen molar-refractivity contribution >= 4 is 11.8 Å². The summed E-state index contributed by atoms with van der Waals surface area (Å²) in [5.41, 5.74) is 0.583. The van der Waals surface area contributed by atoms with Gasteiger partial charge in [0, 0.05) is 4.90 Å². The van der Waals surface area contributed by atoms with E-state index in [4.69, 9.17) is 15.3 Å². The molecule has 0 spiro atoms. The van der Waals surface area contributed by atoms with Gasteiger partial charge in [0.25, 0.3) is 0 Å². The summed E-state index contributed by atoms with van der Waals surface area (Å²) >= 11 is 1.65. The first-order valence-electron chi connectivity index (χ1n) is 5.53. The highest BCUT2D eigenvalue weighted by molar-refractivity contribution is 7.98. The summed E-state index contributed by atoms with van der Waals surface area (Å²) < 4.78 is 5.66. The second kappa shape index (κ2) is 5.95. The molecule has 0 aliphatic heterocycles. The van der Waals surface area contributed by atoms with Crippen molar-refractivity contribution in [2.75, 3.05) is 6.26 Å². The molecule has 0 fully saturated rings. The van der Waals surface area contributed by atoms with Gasteiger partial charge in [0.05, 0.1) is 5.56 Å². The first kappa shape index (κ1) is 13.0. The van der Waals surface area contributed by atoms with E-state index in [2.05, 4.69) is 0 Å². The van der Waals surface area contributed by atoms with Gasteiger partial charge in [-0.1, -0.05) is 6.07 Å². The van der Waals surface area contributed by atoms with Crippen LogP contribution in [-0.2, 0) is 0 Å². The van der Waals surface area contributed by atoms with Gasteiger partial charge in [-0.15, -0.1) is 11.8 Å². The molecule has 0 saturated heterocycles. The Morgan fingerprint density at radius 3 is 2.32 bits per heavy atom. The van der Waals surface area contributed by atoms with E-state index in [1.165, 1.54) is 0 Å². The molecule has 2 aromatic rings. The molecule has 0 unspecified atom stereocenters. The van der Waals surface area contributed by atoms with Crippen molar-refractivity contribution in [3.05, 3.63) is 53.6 Å². The fraction of sp³-hybridized carbons (Fsp3) is 0.0667. The SMILES string of the molecule is CSc1ccc(Oc2cccc(C#N)c2C#N)cc1. The van der Waals surface area contributed by atoms with E-state index in [0.29, 0.717) is 17.1 Å². The van der Waals surface area contributed by atoms with Crippen LogP contribution in [0.4, 0.5) is 0 Å². The van der Waals surface area contributed by atoms with Crippen molar-refractivity contribution in [2.45, 2.75) is 4.90 Å². The topological polar surface area (TPSA) is 56.8 Å². The first-order valence-corrected chi connectivity index (χ1v) is 6.76. The van der Waals surface area contributed by atoms with Crippen LogP contribution in [0.1, 0.15) is 11.1 Å². The zero-order valence-corrected chi connectivity index (χ0v) is 11.1. The molecule has 2 aromatic carbocycles. The molecule has 0 aliphatic rings. The van der Waals surface area contributed by atoms with Crippen LogP contribution < -0.4 is 4.74 Å². The molecule has 0 radical (unpaired) electrons. The average Bonchev–Trinajstić information content (AvgIpc) is 2.47. The molecule has 92 valence electrons. The fourth-order valence-corrected chi connectivity index (χ4v) is 2.00. The summed E-state index contributed by atoms with van der Waals surface area (Å²) in [6.07, 6.45) is 2.00. The molecule has 0 heterocycles. The number of benzene rings is 2. The first-order chi connectivity index (χ1) is 9.28. The van der Waals surface area contributed by atoms with Crippen molar-refractivity contribution in [2.24, 2.45) is 0 Å². The van der Waals surface area contributed by atoms with Crippen LogP contribution in [0.3, 0.4) is 0 Å². The number of hydrogen-bond acceptors (Lipinski definition) is 4. The van der Waals surface area contributed by atoms with Crippen LogP contribution in [-0.4, -0.2) is 6.26 Å². The van der Waals surface area contributed by atoms with Gasteiger partial charge in [-0.3, -0.25) is 0 Å². The van der Waals surface area contributed by atoms with E-state index in [-0.39, 0.29) is 5.56 Å². The summed E-state index contributed by atoms with van der Waals surface area (Å²) in [5, 5.41) is 18.1. The van der Waals surface area contributed by atoms with Crippen LogP contribution in [0.25, 0.3) is 0 Å². The Morgan fingerprint density at radius 1 is 1.00 bits per heavy atom. The minimum absolute atomic E-state index is 0.263. The molecule has 19 heavy (non-hydrogen) atoms. The fourth-order valence-electron chi connectivity index (χ4n) is 1.60. The number of thioether (sulfide) groups is 1. The number of rotatable bonds is 3. The van der Waals surface area contributed by atoms with Gasteiger partial charge in [-0.2, -0.15) is 10.5 Å². The molecule has 0 N–H and O–H groups in total. The minimum atomic E-state index is 0.263. The third-order valence-corrected chi connectivity index (χ3v) is 3.29. The summed E-state index contributed by atoms with van der Waals surface area (Å²) in [7, 11) is 0. The van der Waals surface area contributed by atoms with Gasteiger partial charge in [0.1, 0.15) is 29.2 Å². The summed E-state index contributed by atoms with van der Waals surface area (Å²) in [6.45, 7) is 0. The van der Waals surface area contributed by atoms with Crippen molar-refractivity contribution in [3.8, 4) is 23.6 Å². The summed E-state index contributed by atoms with van der Waals surface area (Å²) in [5.74, 6) is 1.04. The second-order valence-electron chi connectivity index (χ2n) is 3.68. The maximum Gasteiger partial charge on any atom is 0.146 e. The third-order valence-electron chi connectivity index (χ3n) is 2.55. The molecule has 2 rings (SSSR count). The lowest BCUT2D eigenvalue weighted by molar-refractivity contribution is 0.480. The monoisotopic (exact) mass is 266 g/mol. The molecule has 0 amide bonds. The molecule has 3 nitrogen and oxygen atoms in total. The maximum atomic E-state index is 9.11. The normalized spacial score (nSPS) is 9.42. The highest BCUT2D eigenvalue weighted by Crippen LogP contribution is 2.28. The van der Waals surface area contributed by atoms with Gasteiger partial charge in [0.15, 0.2) is 0 Å². The largest absolute Gasteiger partial charge is 0.456 e. The van der Waals surface area contributed by atoms with Crippen molar-refractivity contribution < 1.29 is 4.74 Å². The quantitative estimate of drug-likeness (QED) is 0.789. The average molecular weight is 266 g/mol. The van der Waals surface area contributed by atoms with E-state index in [0.717, 1.165) is 4.90 Å². The van der Waals surface area contributed by atoms with Crippen LogP contribution in [0, 0.1) is 22.7 Å². The van der Waals surface area contributed by atoms with Gasteiger partial charge in [0.2, 0.25) is 0 Å². The second-order valence-corrected chi connectivity index (χ2v) is 4.56. The number of nitriles is 2. The Labute approximate surface area is 116 Å². The van der Waals surface area contributed by atoms with Gasteiger partial charge in [-0.25, -0.2) is 0 Å². The van der Waals surface area contributed by atoms with E-state index in [9.17, 15) is 0 Å². The third kappa shape index (κ3) is 2.88. The Kier molecular flexibility index (Phi) is 4.07. The molecular weight excluding hydrogens is 256 g/mol. The molecule has 0 aliphatic carbocycles. The summed E-state index contributed by atoms with van der Waals surface area (Å²) in [6, 6.07) is 16.5. The lowest BCUT2D eigenvalue weighted by Crippen LogP contribution is -1.91. The van der Waals surface area contributed by atoms with E-state index in [1.54, 1.807) is 30.0 Å². The van der Waals surface area contributed by atoms with Crippen LogP contribution in [0.15, 0.2) is 47.4 Å². The molecule has 0 saturated carbocycles. The van der Waals surface area contributed by atoms with Crippen LogP contribution in [0.2, 0.25) is 0 Å². The smallest absolute Gasteiger partial charge is 0.146 e. The van der Waals surface area contributed by atoms with Gasteiger partial charge < -0.3 is 4.74 Å². The van der Waals surface area contributed by atoms with E-state index in [1.807, 2.05) is 42.7 Å². The van der Waals surface area contributed by atoms with Crippen molar-refractivity contribution in [1.82, 2.24) is 0 Å². The number of nitrogens with zero attached hydrogens (tertiary/aromatic N) is 2. The predicted molar refractivity (Wildman–Crippen MR) is 74.2 cm³/mol. The molecule has 0 atom stereocenters. The standard InChI is InChI=1S/C15H10N2OS/c1-19-13-7-5-12(6-8-13)18-15-4-2-3-11(9-16)14(15)10-17/h2-8H,1H3. The Bertz CT molecular complexity index is 666. The van der Waals surface area contributed by atoms with E-state index < -0.39 is 0 Å². The molecular formula is C15H10N2OS. The number of hydrogen-bond donors (Lipinski definition) is 0. The van der Waals surface area contributed by atoms with E-state index >= 15 is 0 Å². The number of ether oxygens (including phenoxy) is 1. The lowest BCUT2D eigenvalue weighted by atomic mass is 10.1. The minimum Gasteiger partial charge on any atom is -0.456 e. The van der Waals surface area contributed by atoms with Gasteiger partial charge in [-0.05, 0) is 42.7 Å². The van der Waals surface area contributed by atoms with Crippen LogP contribution in [0.5, 0.6) is 11.5 Å². The molecule has 4 heteroatoms. The van der Waals surface area contributed by atoms with Crippen molar-refractivity contribution in [3.63, 3.8) is 0 Å². The van der Waals surface area contributed by atoms with Crippen molar-refractivity contribution in [1.29, 1.82) is 10.5 Å². The Morgan fingerprint density at radius 2 is 1.74 bits per heavy atom. The molecule has 0 bridgehead atoms. The highest BCUT2D eigenvalue weighted by Gasteiger charge is 2.09. The zero-order valence-electron chi connectivity index (χ0n) is 10.3. The maximum absolute atomic E-state index is 9.11. The predicted octanol–water partition coefficient (Wildman–Crippen LogP) is 3.94. The van der Waals surface area contributed by atoms with Crippen LogP contribution >= 0.6 is 11.8 Å². The highest BCUT2D eigenvalue weighted by atomic mass is 32.2.